The lowest BCUT2D eigenvalue weighted by molar-refractivity contribution is -0.870. The van der Waals surface area contributed by atoms with Crippen molar-refractivity contribution < 1.29 is 52.6 Å². The van der Waals surface area contributed by atoms with Crippen molar-refractivity contribution in [2.75, 3.05) is 54.1 Å². The summed E-state index contributed by atoms with van der Waals surface area (Å²) in [6, 6.07) is 0. The molecular formula is C48H86NO10P. The van der Waals surface area contributed by atoms with Crippen molar-refractivity contribution >= 4 is 13.8 Å². The summed E-state index contributed by atoms with van der Waals surface area (Å²) in [5, 5.41) is 30.1. The SMILES string of the molecule is CC/C=C\CC(O)C(O)/C=C/C=C\C=C\C=C\C(O)C/C=C/CCC(=O)OC(COCCCCCCCCCCCCCCCCCC)COP(=O)([O-])OCC[N+](C)(C)C. The van der Waals surface area contributed by atoms with Gasteiger partial charge in [-0.05, 0) is 32.1 Å². The minimum absolute atomic E-state index is 0.0170. The van der Waals surface area contributed by atoms with Crippen LogP contribution in [0.3, 0.4) is 0 Å². The molecule has 3 N–H and O–H groups in total. The van der Waals surface area contributed by atoms with Gasteiger partial charge in [-0.15, -0.1) is 0 Å². The molecule has 0 aliphatic rings. The summed E-state index contributed by atoms with van der Waals surface area (Å²) in [5.74, 6) is -0.505. The summed E-state index contributed by atoms with van der Waals surface area (Å²) >= 11 is 0. The Morgan fingerprint density at radius 2 is 1.18 bits per heavy atom. The van der Waals surface area contributed by atoms with Gasteiger partial charge >= 0.3 is 5.97 Å². The van der Waals surface area contributed by atoms with Crippen LogP contribution >= 0.6 is 7.82 Å². The van der Waals surface area contributed by atoms with Crippen LogP contribution in [0.15, 0.2) is 72.9 Å². The fraction of sp³-hybridized carbons (Fsp3) is 0.729. The number of carbonyl (C=O) groups is 1. The summed E-state index contributed by atoms with van der Waals surface area (Å²) in [5.41, 5.74) is 0. The minimum atomic E-state index is -4.60. The van der Waals surface area contributed by atoms with E-state index in [-0.39, 0.29) is 19.6 Å². The lowest BCUT2D eigenvalue weighted by Gasteiger charge is -2.28. The van der Waals surface area contributed by atoms with Crippen LogP contribution in [0.5, 0.6) is 0 Å². The number of quaternary nitrogens is 1. The predicted octanol–water partition coefficient (Wildman–Crippen LogP) is 9.77. The Balaban J connectivity index is 4.54. The highest BCUT2D eigenvalue weighted by atomic mass is 31.2. The Morgan fingerprint density at radius 3 is 1.75 bits per heavy atom. The van der Waals surface area contributed by atoms with Gasteiger partial charge in [-0.3, -0.25) is 9.36 Å². The van der Waals surface area contributed by atoms with Crippen LogP contribution in [0.4, 0.5) is 0 Å². The monoisotopic (exact) mass is 868 g/mol. The molecule has 0 aliphatic carbocycles. The quantitative estimate of drug-likeness (QED) is 0.0135. The number of hydrogen-bond donors (Lipinski definition) is 3. The molecule has 348 valence electrons. The van der Waals surface area contributed by atoms with E-state index in [9.17, 15) is 29.6 Å². The molecule has 0 amide bonds. The summed E-state index contributed by atoms with van der Waals surface area (Å²) in [6.45, 7) is 4.83. The second-order valence-electron chi connectivity index (χ2n) is 16.6. The number of hydrogen-bond acceptors (Lipinski definition) is 10. The average molecular weight is 868 g/mol. The molecule has 11 nitrogen and oxygen atoms in total. The van der Waals surface area contributed by atoms with E-state index in [0.717, 1.165) is 25.7 Å². The number of rotatable bonds is 41. The summed E-state index contributed by atoms with van der Waals surface area (Å²) in [6.07, 6.45) is 40.2. The molecule has 0 radical (unpaired) electrons. The highest BCUT2D eigenvalue weighted by Crippen LogP contribution is 2.38. The van der Waals surface area contributed by atoms with Crippen molar-refractivity contribution in [3.8, 4) is 0 Å². The number of esters is 1. The van der Waals surface area contributed by atoms with E-state index in [4.69, 9.17) is 18.5 Å². The van der Waals surface area contributed by atoms with E-state index in [1.807, 2.05) is 40.2 Å². The molecule has 0 spiro atoms. The Morgan fingerprint density at radius 1 is 0.650 bits per heavy atom. The summed E-state index contributed by atoms with van der Waals surface area (Å²) < 4.78 is 34.4. The number of carbonyl (C=O) groups excluding carboxylic acids is 1. The van der Waals surface area contributed by atoms with Crippen molar-refractivity contribution in [3.63, 3.8) is 0 Å². The van der Waals surface area contributed by atoms with Gasteiger partial charge < -0.3 is 43.2 Å². The van der Waals surface area contributed by atoms with Crippen molar-refractivity contribution in [2.45, 2.75) is 173 Å². The summed E-state index contributed by atoms with van der Waals surface area (Å²) in [7, 11) is 1.19. The molecule has 0 rings (SSSR count). The van der Waals surface area contributed by atoms with Gasteiger partial charge in [-0.25, -0.2) is 0 Å². The highest BCUT2D eigenvalue weighted by Gasteiger charge is 2.20. The number of phosphoric ester groups is 1. The van der Waals surface area contributed by atoms with Crippen molar-refractivity contribution in [3.05, 3.63) is 72.9 Å². The largest absolute Gasteiger partial charge is 0.756 e. The number of allylic oxidation sites excluding steroid dienone is 8. The van der Waals surface area contributed by atoms with Gasteiger partial charge in [0.1, 0.15) is 19.3 Å². The van der Waals surface area contributed by atoms with E-state index < -0.39 is 44.8 Å². The fourth-order valence-electron chi connectivity index (χ4n) is 5.90. The Bertz CT molecular complexity index is 1240. The number of aliphatic hydroxyl groups excluding tert-OH is 3. The van der Waals surface area contributed by atoms with Crippen LogP contribution in [0.25, 0.3) is 0 Å². The van der Waals surface area contributed by atoms with E-state index in [1.165, 1.54) is 89.5 Å². The van der Waals surface area contributed by atoms with Gasteiger partial charge in [0, 0.05) is 13.0 Å². The first-order chi connectivity index (χ1) is 28.8. The van der Waals surface area contributed by atoms with Crippen LogP contribution < -0.4 is 4.89 Å². The molecule has 0 aromatic rings. The molecule has 0 saturated heterocycles. The topological polar surface area (TPSA) is 155 Å². The first-order valence-corrected chi connectivity index (χ1v) is 24.5. The molecule has 0 aromatic heterocycles. The number of aliphatic hydroxyl groups is 3. The molecule has 12 heteroatoms. The molecule has 0 heterocycles. The smallest absolute Gasteiger partial charge is 0.306 e. The zero-order chi connectivity index (χ0) is 44.6. The normalized spacial score (nSPS) is 15.9. The van der Waals surface area contributed by atoms with Gasteiger partial charge in [-0.2, -0.15) is 0 Å². The third kappa shape index (κ3) is 41.2. The molecule has 0 saturated carbocycles. The van der Waals surface area contributed by atoms with Crippen LogP contribution in [0.1, 0.15) is 149 Å². The third-order valence-corrected chi connectivity index (χ3v) is 10.6. The second-order valence-corrected chi connectivity index (χ2v) is 18.0. The van der Waals surface area contributed by atoms with Gasteiger partial charge in [-0.1, -0.05) is 183 Å². The molecular weight excluding hydrogens is 781 g/mol. The second kappa shape index (κ2) is 39.7. The molecule has 0 fully saturated rings. The number of nitrogens with zero attached hydrogens (tertiary/aromatic N) is 1. The molecule has 0 aromatic carbocycles. The predicted molar refractivity (Wildman–Crippen MR) is 244 cm³/mol. The van der Waals surface area contributed by atoms with Crippen LogP contribution in [0, 0.1) is 0 Å². The zero-order valence-electron chi connectivity index (χ0n) is 38.2. The van der Waals surface area contributed by atoms with Crippen molar-refractivity contribution in [2.24, 2.45) is 0 Å². The average Bonchev–Trinajstić information content (AvgIpc) is 3.19. The molecule has 5 atom stereocenters. The van der Waals surface area contributed by atoms with Crippen LogP contribution in [0.2, 0.25) is 0 Å². The van der Waals surface area contributed by atoms with E-state index in [2.05, 4.69) is 6.92 Å². The standard InChI is InChI=1S/C48H86NO10P/c1-6-8-10-11-12-13-14-15-16-17-18-19-20-23-26-33-40-56-42-45(43-58-60(54,55)57-41-39-49(3,4)5)59-48(53)38-32-27-30-35-44(50)34-29-24-21-22-25-31-37-47(52)46(51)36-28-9-7-2/h9,21-22,24-25,27-31,34,37,44-47,50-52H,6-8,10-20,23,26,32-33,35-36,38-43H2,1-5H3/b24-21+,25-22-,28-9-,30-27+,34-29+,37-31+. The Hall–Kier alpha value is -2.18. The summed E-state index contributed by atoms with van der Waals surface area (Å²) in [4.78, 5) is 25.1. The molecule has 5 unspecified atom stereocenters. The van der Waals surface area contributed by atoms with Crippen LogP contribution in [-0.4, -0.2) is 104 Å². The highest BCUT2D eigenvalue weighted by molar-refractivity contribution is 7.45. The number of unbranched alkanes of at least 4 members (excludes halogenated alkanes) is 15. The first kappa shape index (κ1) is 57.8. The molecule has 60 heavy (non-hydrogen) atoms. The number of ether oxygens (including phenoxy) is 2. The fourth-order valence-corrected chi connectivity index (χ4v) is 6.63. The third-order valence-electron chi connectivity index (χ3n) is 9.60. The van der Waals surface area contributed by atoms with Gasteiger partial charge in [0.25, 0.3) is 7.82 Å². The maximum absolute atomic E-state index is 12.7. The van der Waals surface area contributed by atoms with E-state index in [0.29, 0.717) is 36.9 Å². The van der Waals surface area contributed by atoms with Gasteiger partial charge in [0.2, 0.25) is 0 Å². The first-order valence-electron chi connectivity index (χ1n) is 23.0. The van der Waals surface area contributed by atoms with Crippen molar-refractivity contribution in [1.82, 2.24) is 0 Å². The lowest BCUT2D eigenvalue weighted by Crippen LogP contribution is -2.37. The zero-order valence-corrected chi connectivity index (χ0v) is 39.1. The van der Waals surface area contributed by atoms with Crippen molar-refractivity contribution in [1.29, 1.82) is 0 Å². The van der Waals surface area contributed by atoms with E-state index >= 15 is 0 Å². The van der Waals surface area contributed by atoms with Gasteiger partial charge in [0.15, 0.2) is 0 Å². The lowest BCUT2D eigenvalue weighted by atomic mass is 10.0. The van der Waals surface area contributed by atoms with Gasteiger partial charge in [0.05, 0.1) is 52.7 Å². The Kier molecular flexibility index (Phi) is 38.2. The minimum Gasteiger partial charge on any atom is -0.756 e. The van der Waals surface area contributed by atoms with E-state index in [1.54, 1.807) is 54.7 Å². The molecule has 0 aliphatic heterocycles. The van der Waals surface area contributed by atoms with Crippen LogP contribution in [-0.2, 0) is 27.9 Å². The Labute approximate surface area is 365 Å². The number of likely N-dealkylation sites (N-methyl/N-ethyl adjacent to an activating group) is 1. The molecule has 0 bridgehead atoms. The maximum atomic E-state index is 12.7. The number of phosphoric acid groups is 1. The maximum Gasteiger partial charge on any atom is 0.306 e.